The zero-order valence-corrected chi connectivity index (χ0v) is 12.7. The van der Waals surface area contributed by atoms with Gasteiger partial charge in [0.2, 0.25) is 11.8 Å². The van der Waals surface area contributed by atoms with Crippen LogP contribution in [0.1, 0.15) is 23.1 Å². The number of aromatic amines is 2. The van der Waals surface area contributed by atoms with Crippen LogP contribution in [0.15, 0.2) is 14.6 Å². The number of aromatic hydroxyl groups is 1. The van der Waals surface area contributed by atoms with Crippen molar-refractivity contribution in [3.63, 3.8) is 0 Å². The molecule has 0 unspecified atom stereocenters. The van der Waals surface area contributed by atoms with Crippen LogP contribution in [0, 0.1) is 0 Å². The fourth-order valence-corrected chi connectivity index (χ4v) is 2.33. The van der Waals surface area contributed by atoms with E-state index in [0.717, 1.165) is 0 Å². The van der Waals surface area contributed by atoms with Crippen LogP contribution in [-0.2, 0) is 0 Å². The zero-order chi connectivity index (χ0) is 17.0. The van der Waals surface area contributed by atoms with Crippen molar-refractivity contribution in [2.75, 3.05) is 18.8 Å². The van der Waals surface area contributed by atoms with Gasteiger partial charge in [0, 0.05) is 12.3 Å². The van der Waals surface area contributed by atoms with Crippen molar-refractivity contribution in [3.05, 3.63) is 31.4 Å². The van der Waals surface area contributed by atoms with Gasteiger partial charge >= 0.3 is 4.87 Å². The summed E-state index contributed by atoms with van der Waals surface area (Å²) in [5.74, 6) is -0.562. The molecule has 0 saturated heterocycles. The molecule has 1 amide bonds. The van der Waals surface area contributed by atoms with E-state index in [0.29, 0.717) is 11.3 Å². The van der Waals surface area contributed by atoms with Gasteiger partial charge in [-0.25, -0.2) is 0 Å². The van der Waals surface area contributed by atoms with Gasteiger partial charge in [-0.05, 0) is 18.3 Å². The molecule has 0 aromatic carbocycles. The van der Waals surface area contributed by atoms with Crippen LogP contribution >= 0.6 is 11.3 Å². The van der Waals surface area contributed by atoms with Crippen molar-refractivity contribution in [1.29, 1.82) is 0 Å². The van der Waals surface area contributed by atoms with Crippen molar-refractivity contribution in [1.82, 2.24) is 25.5 Å². The molecule has 0 atom stereocenters. The summed E-state index contributed by atoms with van der Waals surface area (Å²) in [4.78, 5) is 43.5. The second-order valence-corrected chi connectivity index (χ2v) is 5.25. The first-order chi connectivity index (χ1) is 10.9. The Labute approximate surface area is 132 Å². The van der Waals surface area contributed by atoms with Crippen molar-refractivity contribution in [2.24, 2.45) is 4.99 Å². The molecule has 0 aliphatic rings. The van der Waals surface area contributed by atoms with Gasteiger partial charge in [-0.15, -0.1) is 5.10 Å². The molecule has 0 aliphatic heterocycles. The van der Waals surface area contributed by atoms with Crippen LogP contribution in [0.2, 0.25) is 0 Å². The highest BCUT2D eigenvalue weighted by molar-refractivity contribution is 7.11. The number of aliphatic imine (C=N–C) groups is 1. The maximum absolute atomic E-state index is 11.6. The summed E-state index contributed by atoms with van der Waals surface area (Å²) in [6.45, 7) is 1.84. The third-order valence-corrected chi connectivity index (χ3v) is 3.36. The van der Waals surface area contributed by atoms with E-state index in [4.69, 9.17) is 5.73 Å². The smallest absolute Gasteiger partial charge is 0.310 e. The molecule has 23 heavy (non-hydrogen) atoms. The fourth-order valence-electron chi connectivity index (χ4n) is 1.67. The fraction of sp³-hybridized carbons (Fsp3) is 0.273. The quantitative estimate of drug-likeness (QED) is 0.323. The second kappa shape index (κ2) is 6.83. The van der Waals surface area contributed by atoms with E-state index in [2.05, 4.69) is 30.5 Å². The van der Waals surface area contributed by atoms with Gasteiger partial charge in [0.25, 0.3) is 11.5 Å². The summed E-state index contributed by atoms with van der Waals surface area (Å²) in [7, 11) is 0. The lowest BCUT2D eigenvalue weighted by atomic mass is 10.2. The molecule has 122 valence electrons. The average Bonchev–Trinajstić information content (AvgIpc) is 2.89. The van der Waals surface area contributed by atoms with E-state index in [1.807, 2.05) is 0 Å². The molecule has 2 rings (SSSR count). The molecular formula is C11H13N7O4S. The molecule has 2 aromatic heterocycles. The predicted octanol–water partition coefficient (Wildman–Crippen LogP) is -1.56. The van der Waals surface area contributed by atoms with E-state index in [1.165, 1.54) is 6.92 Å². The van der Waals surface area contributed by atoms with Crippen LogP contribution in [0.3, 0.4) is 0 Å². The van der Waals surface area contributed by atoms with Gasteiger partial charge in [0.1, 0.15) is 5.56 Å². The molecular weight excluding hydrogens is 326 g/mol. The Bertz CT molecular complexity index is 866. The van der Waals surface area contributed by atoms with Gasteiger partial charge in [-0.1, -0.05) is 0 Å². The van der Waals surface area contributed by atoms with Crippen LogP contribution in [-0.4, -0.2) is 50.0 Å². The Morgan fingerprint density at radius 3 is 2.83 bits per heavy atom. The minimum atomic E-state index is -0.714. The first-order valence-corrected chi connectivity index (χ1v) is 7.14. The second-order valence-electron chi connectivity index (χ2n) is 4.29. The number of carbonyl (C=O) groups is 1. The summed E-state index contributed by atoms with van der Waals surface area (Å²) in [6, 6.07) is 0. The monoisotopic (exact) mass is 339 g/mol. The van der Waals surface area contributed by atoms with E-state index in [9.17, 15) is 19.5 Å². The summed E-state index contributed by atoms with van der Waals surface area (Å²) in [5, 5.41) is 17.7. The summed E-state index contributed by atoms with van der Waals surface area (Å²) in [6.07, 6.45) is 0. The molecule has 0 spiro atoms. The zero-order valence-electron chi connectivity index (χ0n) is 11.9. The molecule has 0 bridgehead atoms. The topological polar surface area (TPSA) is 179 Å². The molecule has 0 aliphatic carbocycles. The van der Waals surface area contributed by atoms with E-state index < -0.39 is 21.4 Å². The van der Waals surface area contributed by atoms with Gasteiger partial charge in [0.15, 0.2) is 5.06 Å². The summed E-state index contributed by atoms with van der Waals surface area (Å²) in [5.41, 5.74) is 4.75. The Balaban J connectivity index is 1.97. The number of anilines is 1. The molecule has 12 heteroatoms. The number of nitrogens with zero attached hydrogens (tertiary/aromatic N) is 3. The normalized spacial score (nSPS) is 11.4. The minimum Gasteiger partial charge on any atom is -0.499 e. The molecule has 11 nitrogen and oxygen atoms in total. The van der Waals surface area contributed by atoms with Gasteiger partial charge in [-0.2, -0.15) is 4.98 Å². The Hall–Kier alpha value is -3.02. The maximum atomic E-state index is 11.6. The van der Waals surface area contributed by atoms with Crippen molar-refractivity contribution in [2.45, 2.75) is 6.92 Å². The lowest BCUT2D eigenvalue weighted by Gasteiger charge is -2.03. The van der Waals surface area contributed by atoms with Crippen molar-refractivity contribution in [3.8, 4) is 5.06 Å². The summed E-state index contributed by atoms with van der Waals surface area (Å²) < 4.78 is 0. The van der Waals surface area contributed by atoms with Crippen LogP contribution < -0.4 is 21.5 Å². The number of nitrogens with one attached hydrogen (secondary N) is 3. The maximum Gasteiger partial charge on any atom is 0.310 e. The van der Waals surface area contributed by atoms with Crippen molar-refractivity contribution >= 4 is 28.9 Å². The Morgan fingerprint density at radius 1 is 1.48 bits per heavy atom. The molecule has 2 aromatic rings. The number of hydrogen-bond donors (Lipinski definition) is 5. The number of nitrogens with two attached hydrogens (primary N) is 1. The number of aromatic nitrogens is 4. The third kappa shape index (κ3) is 4.00. The highest BCUT2D eigenvalue weighted by Gasteiger charge is 2.12. The van der Waals surface area contributed by atoms with Crippen LogP contribution in [0.25, 0.3) is 0 Å². The molecule has 0 saturated carbocycles. The molecule has 0 radical (unpaired) electrons. The Kier molecular flexibility index (Phi) is 4.85. The van der Waals surface area contributed by atoms with E-state index in [1.54, 1.807) is 0 Å². The highest BCUT2D eigenvalue weighted by Crippen LogP contribution is 2.15. The number of carbonyl (C=O) groups excluding carboxylic acids is 1. The lowest BCUT2D eigenvalue weighted by Crippen LogP contribution is -2.27. The van der Waals surface area contributed by atoms with Crippen molar-refractivity contribution < 1.29 is 9.90 Å². The van der Waals surface area contributed by atoms with Crippen LogP contribution in [0.4, 0.5) is 5.95 Å². The number of hydrogen-bond acceptors (Lipinski definition) is 9. The van der Waals surface area contributed by atoms with Gasteiger partial charge < -0.3 is 16.2 Å². The molecule has 2 heterocycles. The SMILES string of the molecule is CC(=NCCNC(=O)c1nc(N)n[nH]1)c1c(O)sc(=O)[nH]c1=O. The van der Waals surface area contributed by atoms with Crippen LogP contribution in [0.5, 0.6) is 5.06 Å². The standard InChI is InChI=1S/C11H13N7O4S/c1-4(5-7(19)16-11(22)23-9(5)21)13-2-3-14-8(20)6-15-10(12)18-17-6/h21H,2-3H2,1H3,(H,14,20)(H,16,19,22)(H3,12,15,17,18). The molecule has 6 N–H and O–H groups in total. The highest BCUT2D eigenvalue weighted by atomic mass is 32.1. The number of nitrogen functional groups attached to an aromatic ring is 1. The van der Waals surface area contributed by atoms with E-state index >= 15 is 0 Å². The van der Waals surface area contributed by atoms with E-state index in [-0.39, 0.29) is 36.1 Å². The Morgan fingerprint density at radius 2 is 2.22 bits per heavy atom. The minimum absolute atomic E-state index is 0.0230. The van der Waals surface area contributed by atoms with Gasteiger partial charge in [0.05, 0.1) is 6.54 Å². The first-order valence-electron chi connectivity index (χ1n) is 6.32. The first kappa shape index (κ1) is 16.4. The lowest BCUT2D eigenvalue weighted by molar-refractivity contribution is 0.0945. The summed E-state index contributed by atoms with van der Waals surface area (Å²) >= 11 is 0.508. The third-order valence-electron chi connectivity index (χ3n) is 2.67. The number of H-pyrrole nitrogens is 2. The molecule has 0 fully saturated rings. The largest absolute Gasteiger partial charge is 0.499 e. The number of amides is 1. The number of rotatable bonds is 5. The average molecular weight is 339 g/mol. The van der Waals surface area contributed by atoms with Gasteiger partial charge in [-0.3, -0.25) is 29.5 Å². The predicted molar refractivity (Wildman–Crippen MR) is 83.1 cm³/mol.